The first-order valence-electron chi connectivity index (χ1n) is 16.4. The summed E-state index contributed by atoms with van der Waals surface area (Å²) in [6, 6.07) is 14.5. The molecular formula is C37H54O7. The highest BCUT2D eigenvalue weighted by atomic mass is 16.7. The fraction of sp³-hybridized carbons (Fsp3) is 0.595. The third-order valence-electron chi connectivity index (χ3n) is 8.51. The SMILES string of the molecule is CCC/C=C(/CCCCCCCCC[C@@H]1c2ccc(OCOC)cc2OC[C@]1(C)c1ccc(OCOC)cc1)C(=O)OCC. The van der Waals surface area contributed by atoms with Crippen LogP contribution < -0.4 is 14.2 Å². The van der Waals surface area contributed by atoms with Crippen molar-refractivity contribution in [3.63, 3.8) is 0 Å². The van der Waals surface area contributed by atoms with Gasteiger partial charge in [-0.1, -0.05) is 83.1 Å². The van der Waals surface area contributed by atoms with Gasteiger partial charge in [0.25, 0.3) is 0 Å². The number of hydrogen-bond acceptors (Lipinski definition) is 7. The summed E-state index contributed by atoms with van der Waals surface area (Å²) in [5.74, 6) is 2.61. The average molecular weight is 611 g/mol. The topological polar surface area (TPSA) is 72.5 Å². The first kappa shape index (κ1) is 35.4. The molecule has 2 aromatic carbocycles. The van der Waals surface area contributed by atoms with Crippen LogP contribution in [-0.2, 0) is 24.4 Å². The van der Waals surface area contributed by atoms with Crippen LogP contribution in [0.2, 0.25) is 0 Å². The second kappa shape index (κ2) is 19.4. The Bertz CT molecular complexity index is 1140. The van der Waals surface area contributed by atoms with Gasteiger partial charge in [-0.15, -0.1) is 0 Å². The standard InChI is InChI=1S/C37H54O7/c1-6-8-16-29(36(38)41-7-2)17-14-12-10-9-11-13-15-18-34-33-24-23-32(44-28-40-5)25-35(33)42-26-37(34,3)30-19-21-31(22-20-30)43-27-39-4/h16,19-25,34H,6-15,17-18,26-28H2,1-5H3/b29-16-/t34-,37-/m1/s1. The predicted molar refractivity (Wildman–Crippen MR) is 175 cm³/mol. The molecule has 2 atom stereocenters. The van der Waals surface area contributed by atoms with Crippen molar-refractivity contribution < 1.29 is 33.2 Å². The number of hydrogen-bond donors (Lipinski definition) is 0. The van der Waals surface area contributed by atoms with Crippen LogP contribution in [0.5, 0.6) is 17.2 Å². The molecule has 0 aliphatic carbocycles. The number of carbonyl (C=O) groups is 1. The van der Waals surface area contributed by atoms with E-state index in [1.54, 1.807) is 14.2 Å². The Morgan fingerprint density at radius 1 is 0.886 bits per heavy atom. The number of methoxy groups -OCH3 is 2. The van der Waals surface area contributed by atoms with Crippen molar-refractivity contribution in [2.45, 2.75) is 103 Å². The van der Waals surface area contributed by atoms with Gasteiger partial charge >= 0.3 is 5.97 Å². The zero-order valence-electron chi connectivity index (χ0n) is 27.7. The number of fused-ring (bicyclic) bond motifs is 1. The van der Waals surface area contributed by atoms with E-state index < -0.39 is 0 Å². The van der Waals surface area contributed by atoms with Gasteiger partial charge in [0.1, 0.15) is 17.2 Å². The van der Waals surface area contributed by atoms with Gasteiger partial charge in [0.15, 0.2) is 13.6 Å². The van der Waals surface area contributed by atoms with E-state index in [1.165, 1.54) is 36.8 Å². The van der Waals surface area contributed by atoms with Crippen LogP contribution in [0.4, 0.5) is 0 Å². The molecule has 7 nitrogen and oxygen atoms in total. The van der Waals surface area contributed by atoms with Crippen molar-refractivity contribution in [3.05, 3.63) is 65.2 Å². The summed E-state index contributed by atoms with van der Waals surface area (Å²) < 4.78 is 33.1. The number of allylic oxidation sites excluding steroid dienone is 1. The molecular weight excluding hydrogens is 556 g/mol. The Morgan fingerprint density at radius 3 is 2.18 bits per heavy atom. The highest BCUT2D eigenvalue weighted by Gasteiger charge is 2.42. The van der Waals surface area contributed by atoms with Gasteiger partial charge in [0, 0.05) is 37.2 Å². The maximum Gasteiger partial charge on any atom is 0.333 e. The zero-order valence-corrected chi connectivity index (χ0v) is 27.7. The van der Waals surface area contributed by atoms with Gasteiger partial charge < -0.3 is 28.4 Å². The summed E-state index contributed by atoms with van der Waals surface area (Å²) in [6.07, 6.45) is 14.1. The largest absolute Gasteiger partial charge is 0.492 e. The van der Waals surface area contributed by atoms with E-state index in [1.807, 2.05) is 31.2 Å². The molecule has 2 aromatic rings. The summed E-state index contributed by atoms with van der Waals surface area (Å²) in [4.78, 5) is 12.2. The lowest BCUT2D eigenvalue weighted by Crippen LogP contribution is -2.40. The lowest BCUT2D eigenvalue weighted by atomic mass is 9.66. The van der Waals surface area contributed by atoms with E-state index in [2.05, 4.69) is 38.1 Å². The van der Waals surface area contributed by atoms with Gasteiger partial charge in [-0.05, 0) is 61.9 Å². The van der Waals surface area contributed by atoms with Crippen molar-refractivity contribution in [1.82, 2.24) is 0 Å². The fourth-order valence-electron chi connectivity index (χ4n) is 6.01. The van der Waals surface area contributed by atoms with Crippen molar-refractivity contribution in [2.24, 2.45) is 0 Å². The molecule has 244 valence electrons. The first-order valence-corrected chi connectivity index (χ1v) is 16.4. The van der Waals surface area contributed by atoms with E-state index in [-0.39, 0.29) is 25.0 Å². The number of esters is 1. The third-order valence-corrected chi connectivity index (χ3v) is 8.51. The molecule has 0 aromatic heterocycles. The third kappa shape index (κ3) is 10.6. The quantitative estimate of drug-likeness (QED) is 0.0605. The fourth-order valence-corrected chi connectivity index (χ4v) is 6.01. The summed E-state index contributed by atoms with van der Waals surface area (Å²) in [5.41, 5.74) is 3.15. The molecule has 0 bridgehead atoms. The smallest absolute Gasteiger partial charge is 0.333 e. The molecule has 0 saturated heterocycles. The predicted octanol–water partition coefficient (Wildman–Crippen LogP) is 8.89. The van der Waals surface area contributed by atoms with Gasteiger partial charge in [0.05, 0.1) is 13.2 Å². The van der Waals surface area contributed by atoms with E-state index in [0.717, 1.165) is 67.8 Å². The second-order valence-electron chi connectivity index (χ2n) is 11.8. The molecule has 1 aliphatic rings. The maximum absolute atomic E-state index is 12.2. The first-order chi connectivity index (χ1) is 21.5. The number of carbonyl (C=O) groups excluding carboxylic acids is 1. The minimum Gasteiger partial charge on any atom is -0.492 e. The highest BCUT2D eigenvalue weighted by molar-refractivity contribution is 5.88. The summed E-state index contributed by atoms with van der Waals surface area (Å²) in [6.45, 7) is 7.78. The van der Waals surface area contributed by atoms with E-state index in [9.17, 15) is 4.79 Å². The van der Waals surface area contributed by atoms with E-state index >= 15 is 0 Å². The lowest BCUT2D eigenvalue weighted by molar-refractivity contribution is -0.138. The monoisotopic (exact) mass is 610 g/mol. The molecule has 1 aliphatic heterocycles. The number of unbranched alkanes of at least 4 members (excludes halogenated alkanes) is 7. The van der Waals surface area contributed by atoms with Crippen molar-refractivity contribution >= 4 is 5.97 Å². The average Bonchev–Trinajstić information content (AvgIpc) is 3.04. The van der Waals surface area contributed by atoms with Crippen molar-refractivity contribution in [3.8, 4) is 17.2 Å². The normalized spacial score (nSPS) is 17.9. The van der Waals surface area contributed by atoms with E-state index in [4.69, 9.17) is 28.4 Å². The van der Waals surface area contributed by atoms with Crippen molar-refractivity contribution in [2.75, 3.05) is 41.0 Å². The second-order valence-corrected chi connectivity index (χ2v) is 11.8. The Morgan fingerprint density at radius 2 is 1.52 bits per heavy atom. The molecule has 0 spiro atoms. The van der Waals surface area contributed by atoms with E-state index in [0.29, 0.717) is 19.1 Å². The Hall–Kier alpha value is -3.03. The lowest BCUT2D eigenvalue weighted by Gasteiger charge is -2.43. The summed E-state index contributed by atoms with van der Waals surface area (Å²) in [5, 5.41) is 0. The number of ether oxygens (including phenoxy) is 6. The van der Waals surface area contributed by atoms with Crippen LogP contribution in [0.15, 0.2) is 54.1 Å². The van der Waals surface area contributed by atoms with Gasteiger partial charge in [0.2, 0.25) is 0 Å². The van der Waals surface area contributed by atoms with Crippen LogP contribution >= 0.6 is 0 Å². The van der Waals surface area contributed by atoms with Crippen LogP contribution in [-0.4, -0.2) is 47.0 Å². The molecule has 1 heterocycles. The minimum atomic E-state index is -0.177. The van der Waals surface area contributed by atoms with Crippen LogP contribution in [0, 0.1) is 0 Å². The van der Waals surface area contributed by atoms with Crippen LogP contribution in [0.25, 0.3) is 0 Å². The molecule has 0 unspecified atom stereocenters. The molecule has 3 rings (SSSR count). The van der Waals surface area contributed by atoms with Gasteiger partial charge in [-0.2, -0.15) is 0 Å². The zero-order chi connectivity index (χ0) is 31.6. The van der Waals surface area contributed by atoms with Crippen LogP contribution in [0.1, 0.15) is 108 Å². The van der Waals surface area contributed by atoms with Crippen molar-refractivity contribution in [1.29, 1.82) is 0 Å². The molecule has 0 N–H and O–H groups in total. The van der Waals surface area contributed by atoms with Crippen LogP contribution in [0.3, 0.4) is 0 Å². The number of rotatable bonds is 21. The Kier molecular flexibility index (Phi) is 15.6. The van der Waals surface area contributed by atoms with Gasteiger partial charge in [-0.3, -0.25) is 0 Å². The van der Waals surface area contributed by atoms with Gasteiger partial charge in [-0.25, -0.2) is 4.79 Å². The molecule has 44 heavy (non-hydrogen) atoms. The molecule has 0 fully saturated rings. The summed E-state index contributed by atoms with van der Waals surface area (Å²) >= 11 is 0. The minimum absolute atomic E-state index is 0.142. The Balaban J connectivity index is 1.56. The Labute approximate surface area is 265 Å². The summed E-state index contributed by atoms with van der Waals surface area (Å²) in [7, 11) is 3.24. The molecule has 0 saturated carbocycles. The maximum atomic E-state index is 12.2. The number of benzene rings is 2. The highest BCUT2D eigenvalue weighted by Crippen LogP contribution is 2.50. The molecule has 0 amide bonds. The molecule has 0 radical (unpaired) electrons. The molecule has 7 heteroatoms.